The van der Waals surface area contributed by atoms with Gasteiger partial charge in [0, 0.05) is 12.8 Å². The van der Waals surface area contributed by atoms with Crippen molar-refractivity contribution in [3.63, 3.8) is 0 Å². The molecule has 0 saturated heterocycles. The Bertz CT molecular complexity index is 357. The number of carbonyl (C=O) groups excluding carboxylic acids is 1. The Hall–Kier alpha value is -0.900. The minimum absolute atomic E-state index is 0.0515. The number of carboxylic acid groups (broad SMARTS) is 1. The average Bonchev–Trinajstić information content (AvgIpc) is 2.58. The normalized spacial score (nSPS) is 13.5. The maximum Gasteiger partial charge on any atom is 0.320 e. The zero-order valence-electron chi connectivity index (χ0n) is 17.3. The van der Waals surface area contributed by atoms with Gasteiger partial charge in [0.15, 0.2) is 0 Å². The first-order chi connectivity index (χ1) is 12.5. The summed E-state index contributed by atoms with van der Waals surface area (Å²) >= 11 is 0. The largest absolute Gasteiger partial charge is 0.480 e. The van der Waals surface area contributed by atoms with Gasteiger partial charge in [0.2, 0.25) is 0 Å². The minimum atomic E-state index is -0.985. The Morgan fingerprint density at radius 1 is 0.808 bits per heavy atom. The molecule has 4 nitrogen and oxygen atoms in total. The van der Waals surface area contributed by atoms with Gasteiger partial charge in [-0.15, -0.1) is 0 Å². The minimum Gasteiger partial charge on any atom is -0.480 e. The van der Waals surface area contributed by atoms with Gasteiger partial charge in [-0.1, -0.05) is 90.9 Å². The smallest absolute Gasteiger partial charge is 0.320 e. The number of hydrogen-bond acceptors (Lipinski definition) is 3. The molecule has 0 aliphatic rings. The van der Waals surface area contributed by atoms with Gasteiger partial charge in [0.05, 0.1) is 0 Å². The van der Waals surface area contributed by atoms with Crippen LogP contribution in [-0.4, -0.2) is 22.9 Å². The molecule has 26 heavy (non-hydrogen) atoms. The molecule has 4 heteroatoms. The van der Waals surface area contributed by atoms with Gasteiger partial charge < -0.3 is 10.8 Å². The number of hydrogen-bond donors (Lipinski definition) is 2. The molecule has 0 aromatic carbocycles. The van der Waals surface area contributed by atoms with Crippen LogP contribution in [0.2, 0.25) is 0 Å². The third kappa shape index (κ3) is 16.6. The molecular weight excluding hydrogens is 326 g/mol. The van der Waals surface area contributed by atoms with Gasteiger partial charge >= 0.3 is 5.97 Å². The Kier molecular flexibility index (Phi) is 16.9. The van der Waals surface area contributed by atoms with Crippen molar-refractivity contribution in [2.24, 2.45) is 11.7 Å². The van der Waals surface area contributed by atoms with Crippen LogP contribution < -0.4 is 5.73 Å². The van der Waals surface area contributed by atoms with Crippen LogP contribution in [0.1, 0.15) is 117 Å². The molecule has 1 unspecified atom stereocenters. The van der Waals surface area contributed by atoms with E-state index < -0.39 is 12.0 Å². The van der Waals surface area contributed by atoms with E-state index in [0.29, 0.717) is 19.3 Å². The second-order valence-electron chi connectivity index (χ2n) is 8.02. The second kappa shape index (κ2) is 17.5. The van der Waals surface area contributed by atoms with Gasteiger partial charge in [-0.05, 0) is 18.8 Å². The first-order valence-corrected chi connectivity index (χ1v) is 11.0. The second-order valence-corrected chi connectivity index (χ2v) is 8.02. The summed E-state index contributed by atoms with van der Waals surface area (Å²) in [4.78, 5) is 22.6. The SMILES string of the molecule is CCCCCCCCCCCCCCCC(=O)CC(C)C[C@@H](N)C(=O)O. The Morgan fingerprint density at radius 3 is 1.65 bits per heavy atom. The molecule has 0 aliphatic heterocycles. The summed E-state index contributed by atoms with van der Waals surface area (Å²) in [6.07, 6.45) is 18.4. The highest BCUT2D eigenvalue weighted by Gasteiger charge is 2.17. The highest BCUT2D eigenvalue weighted by molar-refractivity contribution is 5.78. The van der Waals surface area contributed by atoms with Gasteiger partial charge in [-0.2, -0.15) is 0 Å². The summed E-state index contributed by atoms with van der Waals surface area (Å²) in [5.41, 5.74) is 5.51. The number of unbranched alkanes of at least 4 members (excludes halogenated alkanes) is 12. The molecule has 0 saturated carbocycles. The predicted molar refractivity (Wildman–Crippen MR) is 109 cm³/mol. The third-order valence-corrected chi connectivity index (χ3v) is 5.11. The van der Waals surface area contributed by atoms with E-state index in [1.165, 1.54) is 70.6 Å². The van der Waals surface area contributed by atoms with Crippen LogP contribution in [0.15, 0.2) is 0 Å². The van der Waals surface area contributed by atoms with Crippen LogP contribution in [0.3, 0.4) is 0 Å². The molecule has 0 rings (SSSR count). The number of carboxylic acids is 1. The fraction of sp³-hybridized carbons (Fsp3) is 0.909. The predicted octanol–water partition coefficient (Wildman–Crippen LogP) is 5.87. The number of aliphatic carboxylic acids is 1. The van der Waals surface area contributed by atoms with Crippen molar-refractivity contribution in [2.75, 3.05) is 0 Å². The monoisotopic (exact) mass is 369 g/mol. The van der Waals surface area contributed by atoms with E-state index >= 15 is 0 Å². The van der Waals surface area contributed by atoms with E-state index in [4.69, 9.17) is 10.8 Å². The highest BCUT2D eigenvalue weighted by Crippen LogP contribution is 2.15. The number of ketones is 1. The van der Waals surface area contributed by atoms with Crippen LogP contribution in [0.4, 0.5) is 0 Å². The molecule has 0 spiro atoms. The van der Waals surface area contributed by atoms with Crippen molar-refractivity contribution in [1.82, 2.24) is 0 Å². The lowest BCUT2D eigenvalue weighted by Gasteiger charge is -2.13. The van der Waals surface area contributed by atoms with Crippen molar-refractivity contribution in [1.29, 1.82) is 0 Å². The first-order valence-electron chi connectivity index (χ1n) is 11.0. The standard InChI is InChI=1S/C22H43NO3/c1-3-4-5-6-7-8-9-10-11-12-13-14-15-16-20(24)17-19(2)18-21(23)22(25)26/h19,21H,3-18,23H2,1-2H3,(H,25,26)/t19?,21-/m1/s1. The summed E-state index contributed by atoms with van der Waals surface area (Å²) in [5.74, 6) is -0.686. The highest BCUT2D eigenvalue weighted by atomic mass is 16.4. The van der Waals surface area contributed by atoms with E-state index in [9.17, 15) is 9.59 Å². The summed E-state index contributed by atoms with van der Waals surface area (Å²) in [6.45, 7) is 4.17. The third-order valence-electron chi connectivity index (χ3n) is 5.11. The van der Waals surface area contributed by atoms with Gasteiger partial charge in [0.1, 0.15) is 11.8 Å². The van der Waals surface area contributed by atoms with Crippen LogP contribution in [0.5, 0.6) is 0 Å². The van der Waals surface area contributed by atoms with E-state index in [0.717, 1.165) is 12.8 Å². The summed E-state index contributed by atoms with van der Waals surface area (Å²) in [5, 5.41) is 8.79. The average molecular weight is 370 g/mol. The van der Waals surface area contributed by atoms with Crippen LogP contribution in [-0.2, 0) is 9.59 Å². The summed E-state index contributed by atoms with van der Waals surface area (Å²) in [7, 11) is 0. The quantitative estimate of drug-likeness (QED) is 0.279. The maximum atomic E-state index is 11.9. The van der Waals surface area contributed by atoms with Crippen LogP contribution in [0.25, 0.3) is 0 Å². The topological polar surface area (TPSA) is 80.4 Å². The van der Waals surface area contributed by atoms with Crippen LogP contribution in [0, 0.1) is 5.92 Å². The zero-order valence-corrected chi connectivity index (χ0v) is 17.3. The summed E-state index contributed by atoms with van der Waals surface area (Å²) in [6, 6.07) is -0.853. The first kappa shape index (κ1) is 25.1. The summed E-state index contributed by atoms with van der Waals surface area (Å²) < 4.78 is 0. The lowest BCUT2D eigenvalue weighted by molar-refractivity contribution is -0.139. The van der Waals surface area contributed by atoms with Crippen molar-refractivity contribution in [3.8, 4) is 0 Å². The molecule has 0 aromatic heterocycles. The fourth-order valence-electron chi connectivity index (χ4n) is 3.45. The van der Waals surface area contributed by atoms with Gasteiger partial charge in [-0.25, -0.2) is 0 Å². The molecule has 2 atom stereocenters. The Labute approximate surface area is 161 Å². The van der Waals surface area contributed by atoms with Crippen LogP contribution >= 0.6 is 0 Å². The molecule has 0 aromatic rings. The molecule has 0 radical (unpaired) electrons. The number of rotatable bonds is 19. The molecule has 3 N–H and O–H groups in total. The van der Waals surface area contributed by atoms with E-state index in [1.54, 1.807) is 0 Å². The molecule has 0 heterocycles. The van der Waals surface area contributed by atoms with E-state index in [-0.39, 0.29) is 11.7 Å². The number of Topliss-reactive ketones (excluding diaryl/α,β-unsaturated/α-hetero) is 1. The maximum absolute atomic E-state index is 11.9. The molecular formula is C22H43NO3. The van der Waals surface area contributed by atoms with E-state index in [2.05, 4.69) is 6.92 Å². The van der Waals surface area contributed by atoms with Crippen molar-refractivity contribution < 1.29 is 14.7 Å². The van der Waals surface area contributed by atoms with Crippen molar-refractivity contribution >= 4 is 11.8 Å². The zero-order chi connectivity index (χ0) is 19.6. The fourth-order valence-corrected chi connectivity index (χ4v) is 3.45. The molecule has 0 amide bonds. The molecule has 0 fully saturated rings. The number of nitrogens with two attached hydrogens (primary N) is 1. The molecule has 154 valence electrons. The van der Waals surface area contributed by atoms with E-state index in [1.807, 2.05) is 6.92 Å². The Balaban J connectivity index is 3.36. The van der Waals surface area contributed by atoms with Gasteiger partial charge in [0.25, 0.3) is 0 Å². The van der Waals surface area contributed by atoms with Crippen molar-refractivity contribution in [3.05, 3.63) is 0 Å². The van der Waals surface area contributed by atoms with Crippen molar-refractivity contribution in [2.45, 2.75) is 123 Å². The Morgan fingerprint density at radius 2 is 1.23 bits per heavy atom. The van der Waals surface area contributed by atoms with Gasteiger partial charge in [-0.3, -0.25) is 9.59 Å². The lowest BCUT2D eigenvalue weighted by Crippen LogP contribution is -2.32. The molecule has 0 bridgehead atoms. The lowest BCUT2D eigenvalue weighted by atomic mass is 9.94. The number of carbonyl (C=O) groups is 2. The molecule has 0 aliphatic carbocycles.